The third-order valence-electron chi connectivity index (χ3n) is 1.59. The minimum absolute atomic E-state index is 0.390. The summed E-state index contributed by atoms with van der Waals surface area (Å²) in [6, 6.07) is 4.84. The molecule has 0 saturated heterocycles. The molecule has 66 valence electrons. The van der Waals surface area contributed by atoms with Crippen LogP contribution in [0.5, 0.6) is 0 Å². The summed E-state index contributed by atoms with van der Waals surface area (Å²) in [7, 11) is 0. The lowest BCUT2D eigenvalue weighted by Gasteiger charge is -1.90. The Labute approximate surface area is 86.8 Å². The number of nitrogens with zero attached hydrogens (tertiary/aromatic N) is 1. The van der Waals surface area contributed by atoms with Gasteiger partial charge < -0.3 is 4.42 Å². The third kappa shape index (κ3) is 1.59. The maximum atomic E-state index is 10.8. The van der Waals surface area contributed by atoms with Gasteiger partial charge in [-0.2, -0.15) is 0 Å². The van der Waals surface area contributed by atoms with Crippen LogP contribution in [0.25, 0.3) is 11.1 Å². The fourth-order valence-corrected chi connectivity index (χ4v) is 1.50. The Morgan fingerprint density at radius 3 is 3.00 bits per heavy atom. The first-order valence-electron chi connectivity index (χ1n) is 3.43. The van der Waals surface area contributed by atoms with Crippen LogP contribution in [0.2, 0.25) is 0 Å². The Morgan fingerprint density at radius 2 is 2.31 bits per heavy atom. The molecule has 5 heteroatoms. The zero-order chi connectivity index (χ0) is 9.42. The van der Waals surface area contributed by atoms with Crippen LogP contribution in [0.4, 0.5) is 0 Å². The molecule has 2 aromatic rings. The summed E-state index contributed by atoms with van der Waals surface area (Å²) in [4.78, 5) is 15.2. The van der Waals surface area contributed by atoms with Crippen LogP contribution < -0.4 is 0 Å². The Bertz CT molecular complexity index is 480. The van der Waals surface area contributed by atoms with Gasteiger partial charge in [0, 0.05) is 21.5 Å². The average Bonchev–Trinajstić information content (AvgIpc) is 2.42. The molecule has 0 atom stereocenters. The average molecular weight is 260 g/mol. The van der Waals surface area contributed by atoms with Crippen molar-refractivity contribution in [2.45, 2.75) is 0 Å². The summed E-state index contributed by atoms with van der Waals surface area (Å²) >= 11 is 8.39. The standard InChI is InChI=1S/C8H3BrClNO2/c9-8-11-5-2-1-4(7(10)12)3-6(5)13-8/h1-3H. The number of oxazole rings is 1. The summed E-state index contributed by atoms with van der Waals surface area (Å²) < 4.78 is 5.15. The molecule has 13 heavy (non-hydrogen) atoms. The van der Waals surface area contributed by atoms with Gasteiger partial charge in [0.05, 0.1) is 0 Å². The molecule has 0 fully saturated rings. The number of rotatable bonds is 1. The Hall–Kier alpha value is -0.870. The van der Waals surface area contributed by atoms with Crippen LogP contribution in [0.1, 0.15) is 10.4 Å². The fraction of sp³-hybridized carbons (Fsp3) is 0. The molecule has 3 nitrogen and oxygen atoms in total. The van der Waals surface area contributed by atoms with E-state index >= 15 is 0 Å². The molecule has 0 aliphatic rings. The Morgan fingerprint density at radius 1 is 1.54 bits per heavy atom. The van der Waals surface area contributed by atoms with E-state index in [0.29, 0.717) is 21.5 Å². The number of fused-ring (bicyclic) bond motifs is 1. The number of aromatic nitrogens is 1. The van der Waals surface area contributed by atoms with Crippen molar-refractivity contribution < 1.29 is 9.21 Å². The van der Waals surface area contributed by atoms with Gasteiger partial charge in [0.1, 0.15) is 5.52 Å². The van der Waals surface area contributed by atoms with E-state index in [-0.39, 0.29) is 0 Å². The number of benzene rings is 1. The number of carbonyl (C=O) groups excluding carboxylic acids is 1. The molecule has 0 radical (unpaired) electrons. The van der Waals surface area contributed by atoms with Crippen molar-refractivity contribution in [3.8, 4) is 0 Å². The molecular weight excluding hydrogens is 257 g/mol. The van der Waals surface area contributed by atoms with Crippen LogP contribution in [0, 0.1) is 0 Å². The number of halogens is 2. The first-order chi connectivity index (χ1) is 6.16. The van der Waals surface area contributed by atoms with Gasteiger partial charge in [-0.25, -0.2) is 4.98 Å². The van der Waals surface area contributed by atoms with Gasteiger partial charge >= 0.3 is 0 Å². The highest BCUT2D eigenvalue weighted by molar-refractivity contribution is 9.10. The molecule has 1 heterocycles. The van der Waals surface area contributed by atoms with E-state index in [0.717, 1.165) is 0 Å². The van der Waals surface area contributed by atoms with Crippen LogP contribution in [-0.4, -0.2) is 10.2 Å². The van der Waals surface area contributed by atoms with E-state index in [1.807, 2.05) is 0 Å². The van der Waals surface area contributed by atoms with Gasteiger partial charge in [0.25, 0.3) is 10.0 Å². The Balaban J connectivity index is 2.67. The molecule has 0 spiro atoms. The maximum absolute atomic E-state index is 10.8. The molecule has 0 aliphatic carbocycles. The molecule has 0 aliphatic heterocycles. The minimum Gasteiger partial charge on any atom is -0.431 e. The second kappa shape index (κ2) is 3.12. The van der Waals surface area contributed by atoms with Gasteiger partial charge in [-0.05, 0) is 29.8 Å². The molecule has 2 rings (SSSR count). The monoisotopic (exact) mass is 259 g/mol. The van der Waals surface area contributed by atoms with Crippen molar-refractivity contribution in [1.82, 2.24) is 4.98 Å². The van der Waals surface area contributed by atoms with Gasteiger partial charge in [-0.15, -0.1) is 0 Å². The molecule has 0 bridgehead atoms. The van der Waals surface area contributed by atoms with Gasteiger partial charge in [-0.1, -0.05) is 0 Å². The van der Waals surface area contributed by atoms with E-state index < -0.39 is 5.24 Å². The van der Waals surface area contributed by atoms with Crippen molar-refractivity contribution in [3.63, 3.8) is 0 Å². The number of hydrogen-bond donors (Lipinski definition) is 0. The lowest BCUT2D eigenvalue weighted by molar-refractivity contribution is 0.108. The van der Waals surface area contributed by atoms with E-state index in [1.165, 1.54) is 0 Å². The maximum Gasteiger partial charge on any atom is 0.265 e. The highest BCUT2D eigenvalue weighted by Gasteiger charge is 2.07. The van der Waals surface area contributed by atoms with Crippen molar-refractivity contribution in [1.29, 1.82) is 0 Å². The molecular formula is C8H3BrClNO2. The van der Waals surface area contributed by atoms with E-state index in [1.54, 1.807) is 18.2 Å². The zero-order valence-electron chi connectivity index (χ0n) is 6.25. The van der Waals surface area contributed by atoms with Crippen LogP contribution in [0.3, 0.4) is 0 Å². The molecule has 1 aromatic carbocycles. The molecule has 0 unspecified atom stereocenters. The van der Waals surface area contributed by atoms with Crippen LogP contribution in [-0.2, 0) is 0 Å². The largest absolute Gasteiger partial charge is 0.431 e. The lowest BCUT2D eigenvalue weighted by Crippen LogP contribution is -1.86. The second-order valence-corrected chi connectivity index (χ2v) is 3.44. The normalized spacial score (nSPS) is 10.6. The first kappa shape index (κ1) is 8.72. The van der Waals surface area contributed by atoms with Crippen molar-refractivity contribution in [3.05, 3.63) is 28.6 Å². The smallest absolute Gasteiger partial charge is 0.265 e. The highest BCUT2D eigenvalue weighted by Crippen LogP contribution is 2.20. The summed E-state index contributed by atoms with van der Waals surface area (Å²) in [6.45, 7) is 0. The van der Waals surface area contributed by atoms with Gasteiger partial charge in [0.15, 0.2) is 5.58 Å². The second-order valence-electron chi connectivity index (χ2n) is 2.42. The highest BCUT2D eigenvalue weighted by atomic mass is 79.9. The molecule has 1 aromatic heterocycles. The van der Waals surface area contributed by atoms with E-state index in [9.17, 15) is 4.79 Å². The number of hydrogen-bond acceptors (Lipinski definition) is 3. The van der Waals surface area contributed by atoms with Gasteiger partial charge in [-0.3, -0.25) is 4.79 Å². The predicted octanol–water partition coefficient (Wildman–Crippen LogP) is 2.97. The van der Waals surface area contributed by atoms with Gasteiger partial charge in [0.2, 0.25) is 0 Å². The van der Waals surface area contributed by atoms with Crippen LogP contribution in [0.15, 0.2) is 27.4 Å². The molecule has 0 N–H and O–H groups in total. The van der Waals surface area contributed by atoms with Crippen molar-refractivity contribution in [2.75, 3.05) is 0 Å². The Kier molecular flexibility index (Phi) is 2.09. The summed E-state index contributed by atoms with van der Waals surface area (Å²) in [5.41, 5.74) is 1.63. The van der Waals surface area contributed by atoms with Crippen molar-refractivity contribution in [2.24, 2.45) is 0 Å². The fourth-order valence-electron chi connectivity index (χ4n) is 1.02. The third-order valence-corrected chi connectivity index (χ3v) is 2.15. The van der Waals surface area contributed by atoms with E-state index in [2.05, 4.69) is 20.9 Å². The summed E-state index contributed by atoms with van der Waals surface area (Å²) in [6.07, 6.45) is 0. The molecule has 0 saturated carbocycles. The predicted molar refractivity (Wildman–Crippen MR) is 51.9 cm³/mol. The SMILES string of the molecule is O=C(Cl)c1ccc2nc(Br)oc2c1. The lowest BCUT2D eigenvalue weighted by atomic mass is 10.2. The topological polar surface area (TPSA) is 43.1 Å². The quantitative estimate of drug-likeness (QED) is 0.740. The number of carbonyl (C=O) groups is 1. The van der Waals surface area contributed by atoms with Crippen LogP contribution >= 0.6 is 27.5 Å². The first-order valence-corrected chi connectivity index (χ1v) is 4.60. The molecule has 0 amide bonds. The summed E-state index contributed by atoms with van der Waals surface area (Å²) in [5.74, 6) is 0. The minimum atomic E-state index is -0.505. The van der Waals surface area contributed by atoms with E-state index in [4.69, 9.17) is 16.0 Å². The zero-order valence-corrected chi connectivity index (χ0v) is 8.59. The summed E-state index contributed by atoms with van der Waals surface area (Å²) in [5, 5.41) is -0.505. The van der Waals surface area contributed by atoms with Crippen molar-refractivity contribution >= 4 is 43.9 Å².